The highest BCUT2D eigenvalue weighted by Crippen LogP contribution is 2.38. The molecule has 1 aromatic carbocycles. The van der Waals surface area contributed by atoms with Gasteiger partial charge in [0.05, 0.1) is 36.2 Å². The van der Waals surface area contributed by atoms with Crippen LogP contribution in [0.4, 0.5) is 5.95 Å². The van der Waals surface area contributed by atoms with Gasteiger partial charge in [-0.2, -0.15) is 15.3 Å². The Hall–Kier alpha value is -3.44. The van der Waals surface area contributed by atoms with Crippen molar-refractivity contribution in [2.24, 2.45) is 5.73 Å². The zero-order valence-corrected chi connectivity index (χ0v) is 17.2. The van der Waals surface area contributed by atoms with Gasteiger partial charge < -0.3 is 15.4 Å². The highest BCUT2D eigenvalue weighted by molar-refractivity contribution is 5.84. The van der Waals surface area contributed by atoms with Gasteiger partial charge in [-0.3, -0.25) is 4.68 Å². The second-order valence-corrected chi connectivity index (χ2v) is 7.35. The summed E-state index contributed by atoms with van der Waals surface area (Å²) >= 11 is 0. The van der Waals surface area contributed by atoms with Crippen LogP contribution < -0.4 is 15.4 Å². The molecular weight excluding hydrogens is 378 g/mol. The second kappa shape index (κ2) is 8.51. The summed E-state index contributed by atoms with van der Waals surface area (Å²) in [5, 5.41) is 13.6. The van der Waals surface area contributed by atoms with Crippen LogP contribution >= 0.6 is 0 Å². The van der Waals surface area contributed by atoms with E-state index in [2.05, 4.69) is 16.1 Å². The summed E-state index contributed by atoms with van der Waals surface area (Å²) in [6.45, 7) is 4.42. The maximum absolute atomic E-state index is 9.16. The van der Waals surface area contributed by atoms with Crippen LogP contribution in [0.1, 0.15) is 25.3 Å². The van der Waals surface area contributed by atoms with Crippen molar-refractivity contribution >= 4 is 5.95 Å². The van der Waals surface area contributed by atoms with Gasteiger partial charge >= 0.3 is 0 Å². The lowest BCUT2D eigenvalue weighted by molar-refractivity contribution is 0.397. The largest absolute Gasteiger partial charge is 0.480 e. The summed E-state index contributed by atoms with van der Waals surface area (Å²) in [5.41, 5.74) is 10.00. The second-order valence-electron chi connectivity index (χ2n) is 7.35. The normalized spacial score (nSPS) is 14.5. The summed E-state index contributed by atoms with van der Waals surface area (Å²) < 4.78 is 7.57. The van der Waals surface area contributed by atoms with Crippen molar-refractivity contribution in [2.75, 3.05) is 25.1 Å². The average molecular weight is 403 g/mol. The van der Waals surface area contributed by atoms with Gasteiger partial charge in [0.2, 0.25) is 11.8 Å². The maximum atomic E-state index is 9.16. The maximum Gasteiger partial charge on any atom is 0.229 e. The molecule has 8 nitrogen and oxygen atoms in total. The highest BCUT2D eigenvalue weighted by Gasteiger charge is 2.24. The van der Waals surface area contributed by atoms with Gasteiger partial charge in [0, 0.05) is 43.0 Å². The Morgan fingerprint density at radius 2 is 1.90 bits per heavy atom. The summed E-state index contributed by atoms with van der Waals surface area (Å²) in [5.74, 6) is 1.13. The van der Waals surface area contributed by atoms with E-state index in [9.17, 15) is 0 Å². The van der Waals surface area contributed by atoms with Crippen LogP contribution in [0.25, 0.3) is 22.4 Å². The first-order chi connectivity index (χ1) is 14.6. The van der Waals surface area contributed by atoms with E-state index in [0.29, 0.717) is 17.4 Å². The summed E-state index contributed by atoms with van der Waals surface area (Å²) in [4.78, 5) is 11.8. The van der Waals surface area contributed by atoms with Crippen molar-refractivity contribution in [1.29, 1.82) is 5.26 Å². The Kier molecular flexibility index (Phi) is 5.63. The molecule has 4 rings (SSSR count). The van der Waals surface area contributed by atoms with Crippen LogP contribution in [0.15, 0.2) is 36.7 Å². The fraction of sp³-hybridized carbons (Fsp3) is 0.364. The molecule has 0 radical (unpaired) electrons. The SMILES string of the molecule is CCn1cc(-c2c(OC)nc(N3CCC(N)CC3)nc2-c2ccc(C#N)cc2)cn1. The number of ether oxygens (including phenoxy) is 1. The number of benzene rings is 1. The van der Waals surface area contributed by atoms with Gasteiger partial charge in [0.15, 0.2) is 0 Å². The van der Waals surface area contributed by atoms with E-state index in [1.54, 1.807) is 25.4 Å². The van der Waals surface area contributed by atoms with Gasteiger partial charge in [-0.25, -0.2) is 4.98 Å². The molecule has 0 amide bonds. The number of rotatable bonds is 5. The molecule has 2 N–H and O–H groups in total. The van der Waals surface area contributed by atoms with Crippen LogP contribution in [0, 0.1) is 11.3 Å². The molecule has 0 bridgehead atoms. The molecule has 2 aromatic heterocycles. The van der Waals surface area contributed by atoms with Gasteiger partial charge in [-0.15, -0.1) is 0 Å². The molecule has 30 heavy (non-hydrogen) atoms. The van der Waals surface area contributed by atoms with E-state index in [4.69, 9.17) is 25.7 Å². The first kappa shape index (κ1) is 19.9. The van der Waals surface area contributed by atoms with Gasteiger partial charge in [0.1, 0.15) is 0 Å². The summed E-state index contributed by atoms with van der Waals surface area (Å²) in [6, 6.07) is 9.79. The molecule has 0 unspecified atom stereocenters. The first-order valence-electron chi connectivity index (χ1n) is 10.1. The van der Waals surface area contributed by atoms with Crippen molar-refractivity contribution in [3.63, 3.8) is 0 Å². The zero-order valence-electron chi connectivity index (χ0n) is 17.2. The van der Waals surface area contributed by atoms with E-state index in [1.807, 2.05) is 29.9 Å². The lowest BCUT2D eigenvalue weighted by atomic mass is 10.0. The lowest BCUT2D eigenvalue weighted by Crippen LogP contribution is -2.40. The molecular formula is C22H25N7O. The predicted molar refractivity (Wildman–Crippen MR) is 115 cm³/mol. The third kappa shape index (κ3) is 3.84. The third-order valence-electron chi connectivity index (χ3n) is 5.41. The third-order valence-corrected chi connectivity index (χ3v) is 5.41. The Balaban J connectivity index is 1.87. The minimum Gasteiger partial charge on any atom is -0.480 e. The van der Waals surface area contributed by atoms with Crippen LogP contribution in [-0.2, 0) is 6.54 Å². The number of aromatic nitrogens is 4. The monoisotopic (exact) mass is 403 g/mol. The van der Waals surface area contributed by atoms with E-state index < -0.39 is 0 Å². The molecule has 154 valence electrons. The molecule has 3 heterocycles. The van der Waals surface area contributed by atoms with Crippen LogP contribution in [0.5, 0.6) is 5.88 Å². The number of hydrogen-bond donors (Lipinski definition) is 1. The number of aryl methyl sites for hydroxylation is 1. The topological polar surface area (TPSA) is 106 Å². The number of nitriles is 1. The fourth-order valence-electron chi connectivity index (χ4n) is 3.65. The average Bonchev–Trinajstić information content (AvgIpc) is 3.27. The molecule has 1 aliphatic heterocycles. The zero-order chi connectivity index (χ0) is 21.1. The Morgan fingerprint density at radius 1 is 1.17 bits per heavy atom. The van der Waals surface area contributed by atoms with E-state index in [-0.39, 0.29) is 6.04 Å². The number of piperidine rings is 1. The standard InChI is InChI=1S/C22H25N7O/c1-3-29-14-17(13-25-29)19-20(16-6-4-15(12-23)5-7-16)26-22(27-21(19)30-2)28-10-8-18(24)9-11-28/h4-7,13-14,18H,3,8-11,24H2,1-2H3. The van der Waals surface area contributed by atoms with Crippen LogP contribution in [-0.4, -0.2) is 46.0 Å². The van der Waals surface area contributed by atoms with E-state index in [1.165, 1.54) is 0 Å². The molecule has 0 atom stereocenters. The molecule has 1 aliphatic rings. The number of methoxy groups -OCH3 is 1. The minimum atomic E-state index is 0.222. The van der Waals surface area contributed by atoms with Gasteiger partial charge in [0.25, 0.3) is 0 Å². The molecule has 0 saturated carbocycles. The number of nitrogens with two attached hydrogens (primary N) is 1. The quantitative estimate of drug-likeness (QED) is 0.698. The fourth-order valence-corrected chi connectivity index (χ4v) is 3.65. The molecule has 1 saturated heterocycles. The number of anilines is 1. The van der Waals surface area contributed by atoms with Crippen molar-refractivity contribution in [1.82, 2.24) is 19.7 Å². The Labute approximate surface area is 175 Å². The van der Waals surface area contributed by atoms with Crippen molar-refractivity contribution in [3.05, 3.63) is 42.2 Å². The Morgan fingerprint density at radius 3 is 2.50 bits per heavy atom. The van der Waals surface area contributed by atoms with Crippen LogP contribution in [0.3, 0.4) is 0 Å². The predicted octanol–water partition coefficient (Wildman–Crippen LogP) is 2.83. The van der Waals surface area contributed by atoms with Crippen molar-refractivity contribution < 1.29 is 4.74 Å². The molecule has 8 heteroatoms. The molecule has 0 spiro atoms. The summed E-state index contributed by atoms with van der Waals surface area (Å²) in [7, 11) is 1.62. The molecule has 0 aliphatic carbocycles. The van der Waals surface area contributed by atoms with Crippen molar-refractivity contribution in [3.8, 4) is 34.3 Å². The Bertz CT molecular complexity index is 1060. The van der Waals surface area contributed by atoms with Gasteiger partial charge in [-0.1, -0.05) is 12.1 Å². The van der Waals surface area contributed by atoms with Crippen LogP contribution in [0.2, 0.25) is 0 Å². The van der Waals surface area contributed by atoms with E-state index >= 15 is 0 Å². The smallest absolute Gasteiger partial charge is 0.229 e. The highest BCUT2D eigenvalue weighted by atomic mass is 16.5. The molecule has 3 aromatic rings. The first-order valence-corrected chi connectivity index (χ1v) is 10.1. The minimum absolute atomic E-state index is 0.222. The molecule has 1 fully saturated rings. The number of nitrogens with zero attached hydrogens (tertiary/aromatic N) is 6. The lowest BCUT2D eigenvalue weighted by Gasteiger charge is -2.30. The van der Waals surface area contributed by atoms with E-state index in [0.717, 1.165) is 54.9 Å². The van der Waals surface area contributed by atoms with Gasteiger partial charge in [-0.05, 0) is 31.9 Å². The summed E-state index contributed by atoms with van der Waals surface area (Å²) in [6.07, 6.45) is 5.58. The van der Waals surface area contributed by atoms with Crippen molar-refractivity contribution in [2.45, 2.75) is 32.4 Å². The number of hydrogen-bond acceptors (Lipinski definition) is 7.